The van der Waals surface area contributed by atoms with Crippen molar-refractivity contribution >= 4 is 5.91 Å². The molecule has 0 aliphatic carbocycles. The normalized spacial score (nSPS) is 36.1. The molecule has 5 atom stereocenters. The van der Waals surface area contributed by atoms with E-state index in [9.17, 15) is 4.79 Å². The van der Waals surface area contributed by atoms with Crippen LogP contribution in [0.1, 0.15) is 20.8 Å². The van der Waals surface area contributed by atoms with Crippen molar-refractivity contribution < 1.29 is 19.7 Å². The number of amides is 1. The van der Waals surface area contributed by atoms with Crippen LogP contribution in [0.3, 0.4) is 0 Å². The van der Waals surface area contributed by atoms with Crippen LogP contribution in [-0.2, 0) is 9.53 Å². The zero-order valence-electron chi connectivity index (χ0n) is 10.0. The second kappa shape index (κ2) is 5.61. The van der Waals surface area contributed by atoms with Gasteiger partial charge in [-0.3, -0.25) is 4.79 Å². The van der Waals surface area contributed by atoms with Crippen molar-refractivity contribution in [1.82, 2.24) is 5.32 Å². The van der Waals surface area contributed by atoms with Crippen LogP contribution in [0.15, 0.2) is 0 Å². The molecule has 0 spiro atoms. The van der Waals surface area contributed by atoms with Gasteiger partial charge in [0.25, 0.3) is 0 Å². The fraction of sp³-hybridized carbons (Fsp3) is 0.909. The summed E-state index contributed by atoms with van der Waals surface area (Å²) in [6, 6.07) is 0. The lowest BCUT2D eigenvalue weighted by Gasteiger charge is -2.18. The van der Waals surface area contributed by atoms with Gasteiger partial charge >= 0.3 is 0 Å². The van der Waals surface area contributed by atoms with Gasteiger partial charge in [0.1, 0.15) is 0 Å². The predicted molar refractivity (Wildman–Crippen MR) is 58.8 cm³/mol. The molecule has 0 saturated carbocycles. The van der Waals surface area contributed by atoms with Gasteiger partial charge in [0.05, 0.1) is 30.8 Å². The van der Waals surface area contributed by atoms with E-state index < -0.39 is 6.10 Å². The van der Waals surface area contributed by atoms with Crippen molar-refractivity contribution in [2.75, 3.05) is 13.2 Å². The van der Waals surface area contributed by atoms with E-state index in [1.54, 1.807) is 0 Å². The van der Waals surface area contributed by atoms with E-state index in [1.165, 1.54) is 0 Å². The highest BCUT2D eigenvalue weighted by Crippen LogP contribution is 2.32. The van der Waals surface area contributed by atoms with Crippen LogP contribution in [0.5, 0.6) is 0 Å². The van der Waals surface area contributed by atoms with Gasteiger partial charge in [0.2, 0.25) is 5.91 Å². The number of aliphatic hydroxyl groups is 2. The molecule has 0 aromatic heterocycles. The molecule has 1 fully saturated rings. The van der Waals surface area contributed by atoms with Gasteiger partial charge in [-0.1, -0.05) is 6.92 Å². The molecule has 0 bridgehead atoms. The fourth-order valence-electron chi connectivity index (χ4n) is 2.12. The molecule has 3 N–H and O–H groups in total. The summed E-state index contributed by atoms with van der Waals surface area (Å²) >= 11 is 0. The third-order valence-corrected chi connectivity index (χ3v) is 3.27. The largest absolute Gasteiger partial charge is 0.394 e. The molecular weight excluding hydrogens is 210 g/mol. The Morgan fingerprint density at radius 2 is 2.00 bits per heavy atom. The number of ether oxygens (including phenoxy) is 1. The summed E-state index contributed by atoms with van der Waals surface area (Å²) in [5.74, 6) is -0.126. The van der Waals surface area contributed by atoms with Crippen LogP contribution in [0.2, 0.25) is 0 Å². The molecule has 5 nitrogen and oxygen atoms in total. The van der Waals surface area contributed by atoms with Gasteiger partial charge in [-0.15, -0.1) is 0 Å². The monoisotopic (exact) mass is 231 g/mol. The van der Waals surface area contributed by atoms with Gasteiger partial charge in [-0.25, -0.2) is 0 Å². The lowest BCUT2D eigenvalue weighted by Crippen LogP contribution is -2.41. The lowest BCUT2D eigenvalue weighted by molar-refractivity contribution is -0.127. The SMILES string of the molecule is CC1OC(C)C(C(=O)NCC(O)CO)C1C. The van der Waals surface area contributed by atoms with Gasteiger partial charge in [-0.05, 0) is 19.8 Å². The first-order chi connectivity index (χ1) is 7.47. The third kappa shape index (κ3) is 2.93. The summed E-state index contributed by atoms with van der Waals surface area (Å²) in [5.41, 5.74) is 0. The van der Waals surface area contributed by atoms with E-state index in [1.807, 2.05) is 20.8 Å². The van der Waals surface area contributed by atoms with Crippen LogP contribution in [0, 0.1) is 11.8 Å². The molecule has 1 aliphatic heterocycles. The summed E-state index contributed by atoms with van der Waals surface area (Å²) in [6.07, 6.45) is -0.918. The Labute approximate surface area is 95.8 Å². The van der Waals surface area contributed by atoms with Crippen LogP contribution in [-0.4, -0.2) is 47.6 Å². The van der Waals surface area contributed by atoms with Crippen LogP contribution in [0.25, 0.3) is 0 Å². The van der Waals surface area contributed by atoms with E-state index in [2.05, 4.69) is 5.32 Å². The average molecular weight is 231 g/mol. The molecule has 0 aromatic rings. The summed E-state index contributed by atoms with van der Waals surface area (Å²) in [4.78, 5) is 11.8. The molecule has 5 heteroatoms. The standard InChI is InChI=1S/C11H21NO4/c1-6-7(2)16-8(3)10(6)11(15)12-4-9(14)5-13/h6-10,13-14H,4-5H2,1-3H3,(H,12,15). The number of rotatable bonds is 4. The van der Waals surface area contributed by atoms with Crippen LogP contribution in [0.4, 0.5) is 0 Å². The minimum Gasteiger partial charge on any atom is -0.394 e. The van der Waals surface area contributed by atoms with Crippen LogP contribution < -0.4 is 5.32 Å². The van der Waals surface area contributed by atoms with E-state index in [4.69, 9.17) is 14.9 Å². The molecule has 94 valence electrons. The molecule has 5 unspecified atom stereocenters. The Hall–Kier alpha value is -0.650. The van der Waals surface area contributed by atoms with Gasteiger partial charge in [0, 0.05) is 6.54 Å². The molecule has 1 heterocycles. The first-order valence-corrected chi connectivity index (χ1v) is 5.69. The number of nitrogens with one attached hydrogen (secondary N) is 1. The fourth-order valence-corrected chi connectivity index (χ4v) is 2.12. The van der Waals surface area contributed by atoms with E-state index in [0.29, 0.717) is 0 Å². The highest BCUT2D eigenvalue weighted by atomic mass is 16.5. The number of carbonyl (C=O) groups excluding carboxylic acids is 1. The van der Waals surface area contributed by atoms with Crippen molar-refractivity contribution in [3.8, 4) is 0 Å². The van der Waals surface area contributed by atoms with Gasteiger partial charge in [-0.2, -0.15) is 0 Å². The Bertz CT molecular complexity index is 246. The van der Waals surface area contributed by atoms with Crippen molar-refractivity contribution in [1.29, 1.82) is 0 Å². The maximum Gasteiger partial charge on any atom is 0.226 e. The maximum absolute atomic E-state index is 11.8. The summed E-state index contributed by atoms with van der Waals surface area (Å²) in [5, 5.41) is 20.4. The van der Waals surface area contributed by atoms with E-state index in [-0.39, 0.29) is 43.1 Å². The zero-order chi connectivity index (χ0) is 12.3. The lowest BCUT2D eigenvalue weighted by atomic mass is 9.89. The van der Waals surface area contributed by atoms with E-state index >= 15 is 0 Å². The summed E-state index contributed by atoms with van der Waals surface area (Å²) < 4.78 is 5.57. The van der Waals surface area contributed by atoms with Crippen LogP contribution >= 0.6 is 0 Å². The average Bonchev–Trinajstić information content (AvgIpc) is 2.49. The number of aliphatic hydroxyl groups excluding tert-OH is 2. The second-order valence-electron chi connectivity index (χ2n) is 4.51. The highest BCUT2D eigenvalue weighted by molar-refractivity contribution is 5.79. The minimum atomic E-state index is -0.894. The van der Waals surface area contributed by atoms with Crippen molar-refractivity contribution in [2.45, 2.75) is 39.1 Å². The smallest absolute Gasteiger partial charge is 0.226 e. The zero-order valence-corrected chi connectivity index (χ0v) is 10.0. The molecule has 1 rings (SSSR count). The number of carbonyl (C=O) groups is 1. The molecular formula is C11H21NO4. The Morgan fingerprint density at radius 1 is 1.38 bits per heavy atom. The van der Waals surface area contributed by atoms with Crippen molar-refractivity contribution in [3.63, 3.8) is 0 Å². The first-order valence-electron chi connectivity index (χ1n) is 5.69. The second-order valence-corrected chi connectivity index (χ2v) is 4.51. The highest BCUT2D eigenvalue weighted by Gasteiger charge is 2.41. The molecule has 1 saturated heterocycles. The Kier molecular flexibility index (Phi) is 4.70. The molecule has 0 radical (unpaired) electrons. The number of hydrogen-bond acceptors (Lipinski definition) is 4. The summed E-state index contributed by atoms with van der Waals surface area (Å²) in [6.45, 7) is 5.56. The van der Waals surface area contributed by atoms with Crippen molar-refractivity contribution in [2.24, 2.45) is 11.8 Å². The third-order valence-electron chi connectivity index (χ3n) is 3.27. The molecule has 1 aliphatic rings. The minimum absolute atomic E-state index is 0.0773. The predicted octanol–water partition coefficient (Wildman–Crippen LogP) is -0.485. The van der Waals surface area contributed by atoms with Gasteiger partial charge in [0.15, 0.2) is 0 Å². The molecule has 0 aromatic carbocycles. The topological polar surface area (TPSA) is 78.8 Å². The quantitative estimate of drug-likeness (QED) is 0.610. The Balaban J connectivity index is 2.47. The number of hydrogen-bond donors (Lipinski definition) is 3. The molecule has 1 amide bonds. The van der Waals surface area contributed by atoms with E-state index in [0.717, 1.165) is 0 Å². The van der Waals surface area contributed by atoms with Gasteiger partial charge < -0.3 is 20.3 Å². The van der Waals surface area contributed by atoms with Crippen molar-refractivity contribution in [3.05, 3.63) is 0 Å². The summed E-state index contributed by atoms with van der Waals surface area (Å²) in [7, 11) is 0. The molecule has 16 heavy (non-hydrogen) atoms. The first kappa shape index (κ1) is 13.4. The maximum atomic E-state index is 11.8. The Morgan fingerprint density at radius 3 is 2.44 bits per heavy atom.